The summed E-state index contributed by atoms with van der Waals surface area (Å²) >= 11 is 0. The summed E-state index contributed by atoms with van der Waals surface area (Å²) in [4.78, 5) is 4.58. The lowest BCUT2D eigenvalue weighted by atomic mass is 10.1. The van der Waals surface area contributed by atoms with E-state index in [1.54, 1.807) is 0 Å². The number of hydrogen-bond donors (Lipinski definition) is 0. The number of fused-ring (bicyclic) bond motifs is 1. The number of aromatic nitrogens is 1. The minimum Gasteiger partial charge on any atom is -0.239 e. The molecule has 2 rings (SSSR count). The molecule has 88 valence electrons. The maximum atomic E-state index is 4.58. The molecule has 2 aromatic rings. The third-order valence-electron chi connectivity index (χ3n) is 2.41. The van der Waals surface area contributed by atoms with E-state index in [0.29, 0.717) is 0 Å². The number of rotatable bonds is 0. The number of aryl methyl sites for hydroxylation is 1. The summed E-state index contributed by atoms with van der Waals surface area (Å²) in [5.41, 5.74) is 3.15. The van der Waals surface area contributed by atoms with Gasteiger partial charge in [-0.2, -0.15) is 10.0 Å². The second-order valence-corrected chi connectivity index (χ2v) is 8.78. The summed E-state index contributed by atoms with van der Waals surface area (Å²) in [5.74, 6) is 3.19. The predicted molar refractivity (Wildman–Crippen MR) is 78.7 cm³/mol. The fourth-order valence-corrected chi connectivity index (χ4v) is 2.03. The van der Waals surface area contributed by atoms with Crippen molar-refractivity contribution in [3.8, 4) is 11.2 Å². The second-order valence-electron chi connectivity index (χ2n) is 4.91. The highest BCUT2D eigenvalue weighted by molar-refractivity contribution is 8.35. The molecule has 0 bridgehead atoms. The molecule has 1 nitrogen and oxygen atoms in total. The Balaban J connectivity index is 2.53. The van der Waals surface area contributed by atoms with Crippen LogP contribution in [0.4, 0.5) is 0 Å². The van der Waals surface area contributed by atoms with Gasteiger partial charge in [0.1, 0.15) is 5.69 Å². The van der Waals surface area contributed by atoms with Gasteiger partial charge in [-0.25, -0.2) is 4.98 Å². The average molecular weight is 243 g/mol. The highest BCUT2D eigenvalue weighted by Crippen LogP contribution is 2.32. The van der Waals surface area contributed by atoms with E-state index in [9.17, 15) is 0 Å². The largest absolute Gasteiger partial charge is 0.239 e. The van der Waals surface area contributed by atoms with Crippen molar-refractivity contribution in [2.75, 3.05) is 18.8 Å². The monoisotopic (exact) mass is 243 g/mol. The minimum absolute atomic E-state index is 0.790. The Bertz CT molecular complexity index is 612. The molecule has 0 amide bonds. The van der Waals surface area contributed by atoms with Gasteiger partial charge in [0.05, 0.1) is 5.52 Å². The molecule has 17 heavy (non-hydrogen) atoms. The summed E-state index contributed by atoms with van der Waals surface area (Å²) < 4.78 is 0. The Labute approximate surface area is 105 Å². The van der Waals surface area contributed by atoms with Gasteiger partial charge in [-0.05, 0) is 54.6 Å². The van der Waals surface area contributed by atoms with Crippen LogP contribution in [0.2, 0.25) is 0 Å². The lowest BCUT2D eigenvalue weighted by Gasteiger charge is -2.14. The Hall–Kier alpha value is -1.46. The molecule has 0 aliphatic rings. The first-order valence-electron chi connectivity index (χ1n) is 5.53. The van der Waals surface area contributed by atoms with Crippen LogP contribution in [0.1, 0.15) is 11.3 Å². The van der Waals surface area contributed by atoms with E-state index in [-0.39, 0.29) is 0 Å². The van der Waals surface area contributed by atoms with Crippen LogP contribution in [0, 0.1) is 18.1 Å². The number of benzene rings is 1. The molecule has 0 fully saturated rings. The maximum Gasteiger partial charge on any atom is 0.115 e. The SMILES string of the molecule is Cc1cc(C#CS(C)(C)C)nc2ccccc12. The Morgan fingerprint density at radius 3 is 2.53 bits per heavy atom. The van der Waals surface area contributed by atoms with E-state index in [1.807, 2.05) is 18.2 Å². The number of hydrogen-bond acceptors (Lipinski definition) is 1. The van der Waals surface area contributed by atoms with Gasteiger partial charge in [0.25, 0.3) is 0 Å². The van der Waals surface area contributed by atoms with Crippen LogP contribution in [0.25, 0.3) is 10.9 Å². The quantitative estimate of drug-likeness (QED) is 0.645. The molecule has 0 aliphatic carbocycles. The van der Waals surface area contributed by atoms with E-state index in [2.05, 4.69) is 54.0 Å². The molecule has 0 aliphatic heterocycles. The van der Waals surface area contributed by atoms with Gasteiger partial charge in [0, 0.05) is 5.39 Å². The summed E-state index contributed by atoms with van der Waals surface area (Å²) in [6.45, 7) is 2.11. The molecule has 1 aromatic heterocycles. The van der Waals surface area contributed by atoms with E-state index in [0.717, 1.165) is 11.2 Å². The van der Waals surface area contributed by atoms with Crippen molar-refractivity contribution >= 4 is 20.9 Å². The Morgan fingerprint density at radius 1 is 1.12 bits per heavy atom. The first-order chi connectivity index (χ1) is 7.96. The topological polar surface area (TPSA) is 12.9 Å². The highest BCUT2D eigenvalue weighted by atomic mass is 32.3. The first-order valence-corrected chi connectivity index (χ1v) is 8.39. The lowest BCUT2D eigenvalue weighted by molar-refractivity contribution is 1.33. The van der Waals surface area contributed by atoms with Gasteiger partial charge in [0.15, 0.2) is 0 Å². The molecule has 1 aromatic carbocycles. The molecule has 0 N–H and O–H groups in total. The molecule has 0 saturated carbocycles. The summed E-state index contributed by atoms with van der Waals surface area (Å²) in [6.07, 6.45) is 6.57. The fourth-order valence-electron chi connectivity index (χ4n) is 1.62. The molecule has 1 heterocycles. The molecular formula is C15H17NS. The summed E-state index contributed by atoms with van der Waals surface area (Å²) in [5, 5.41) is 4.51. The van der Waals surface area contributed by atoms with Gasteiger partial charge in [-0.3, -0.25) is 0 Å². The van der Waals surface area contributed by atoms with Gasteiger partial charge in [-0.15, -0.1) is 0 Å². The number of nitrogens with zero attached hydrogens (tertiary/aromatic N) is 1. The highest BCUT2D eigenvalue weighted by Gasteiger charge is 2.01. The van der Waals surface area contributed by atoms with Gasteiger partial charge in [-0.1, -0.05) is 18.2 Å². The van der Waals surface area contributed by atoms with Crippen molar-refractivity contribution in [3.05, 3.63) is 41.6 Å². The molecule has 0 radical (unpaired) electrons. The minimum atomic E-state index is -0.790. The van der Waals surface area contributed by atoms with Gasteiger partial charge in [0.2, 0.25) is 0 Å². The van der Waals surface area contributed by atoms with E-state index >= 15 is 0 Å². The second kappa shape index (κ2) is 4.43. The van der Waals surface area contributed by atoms with Crippen LogP contribution in [0.5, 0.6) is 0 Å². The number of pyridine rings is 1. The molecule has 2 heteroatoms. The zero-order valence-corrected chi connectivity index (χ0v) is 11.6. The van der Waals surface area contributed by atoms with Crippen molar-refractivity contribution in [1.29, 1.82) is 0 Å². The molecular weight excluding hydrogens is 226 g/mol. The third kappa shape index (κ3) is 3.01. The van der Waals surface area contributed by atoms with E-state index in [4.69, 9.17) is 0 Å². The maximum absolute atomic E-state index is 4.58. The van der Waals surface area contributed by atoms with Gasteiger partial charge < -0.3 is 0 Å². The van der Waals surface area contributed by atoms with Crippen molar-refractivity contribution in [2.45, 2.75) is 6.92 Å². The van der Waals surface area contributed by atoms with Crippen molar-refractivity contribution in [1.82, 2.24) is 4.98 Å². The van der Waals surface area contributed by atoms with Gasteiger partial charge >= 0.3 is 0 Å². The predicted octanol–water partition coefficient (Wildman–Crippen LogP) is 3.55. The zero-order chi connectivity index (χ0) is 12.5. The van der Waals surface area contributed by atoms with Crippen molar-refractivity contribution in [3.63, 3.8) is 0 Å². The molecule has 0 atom stereocenters. The molecule has 0 spiro atoms. The standard InChI is InChI=1S/C15H17NS/c1-12-11-13(9-10-17(2,3)4)16-15-8-6-5-7-14(12)15/h5-8,11H,1-4H3. The summed E-state index contributed by atoms with van der Waals surface area (Å²) in [6, 6.07) is 10.3. The van der Waals surface area contributed by atoms with Crippen LogP contribution >= 0.6 is 10.0 Å². The molecule has 0 saturated heterocycles. The molecule has 0 unspecified atom stereocenters. The smallest absolute Gasteiger partial charge is 0.115 e. The Morgan fingerprint density at radius 2 is 1.82 bits per heavy atom. The third-order valence-corrected chi connectivity index (χ3v) is 3.12. The normalized spacial score (nSPS) is 12.0. The first kappa shape index (κ1) is 12.0. The van der Waals surface area contributed by atoms with Crippen molar-refractivity contribution < 1.29 is 0 Å². The Kier molecular flexibility index (Phi) is 3.13. The van der Waals surface area contributed by atoms with E-state index < -0.39 is 10.0 Å². The van der Waals surface area contributed by atoms with Crippen LogP contribution in [0.3, 0.4) is 0 Å². The fraction of sp³-hybridized carbons (Fsp3) is 0.267. The average Bonchev–Trinajstić information content (AvgIpc) is 2.26. The number of para-hydroxylation sites is 1. The van der Waals surface area contributed by atoms with Crippen LogP contribution in [-0.4, -0.2) is 23.8 Å². The van der Waals surface area contributed by atoms with E-state index in [1.165, 1.54) is 10.9 Å². The summed E-state index contributed by atoms with van der Waals surface area (Å²) in [7, 11) is -0.790. The van der Waals surface area contributed by atoms with Crippen molar-refractivity contribution in [2.24, 2.45) is 0 Å². The van der Waals surface area contributed by atoms with Crippen LogP contribution in [0.15, 0.2) is 30.3 Å². The van der Waals surface area contributed by atoms with Crippen LogP contribution < -0.4 is 0 Å². The van der Waals surface area contributed by atoms with Crippen LogP contribution in [-0.2, 0) is 0 Å². The zero-order valence-electron chi connectivity index (χ0n) is 10.7. The lowest BCUT2D eigenvalue weighted by Crippen LogP contribution is -1.90.